The molecule has 2 N–H and O–H groups in total. The third-order valence-corrected chi connectivity index (χ3v) is 5.48. The predicted molar refractivity (Wildman–Crippen MR) is 104 cm³/mol. The summed E-state index contributed by atoms with van der Waals surface area (Å²) >= 11 is 0. The Morgan fingerprint density at radius 2 is 1.96 bits per heavy atom. The van der Waals surface area contributed by atoms with Gasteiger partial charge in [0.2, 0.25) is 0 Å². The molecule has 2 aromatic rings. The molecule has 0 saturated carbocycles. The summed E-state index contributed by atoms with van der Waals surface area (Å²) in [5, 5.41) is 13.3. The Morgan fingerprint density at radius 1 is 1.18 bits per heavy atom. The van der Waals surface area contributed by atoms with E-state index in [4.69, 9.17) is 4.74 Å². The molecule has 3 atom stereocenters. The van der Waals surface area contributed by atoms with Gasteiger partial charge in [0.25, 0.3) is 5.91 Å². The summed E-state index contributed by atoms with van der Waals surface area (Å²) in [6, 6.07) is 16.4. The number of carbonyl (C=O) groups excluding carboxylic acids is 2. The number of urea groups is 1. The number of aliphatic hydroxyl groups is 1. The van der Waals surface area contributed by atoms with Gasteiger partial charge in [-0.3, -0.25) is 4.79 Å². The number of methoxy groups -OCH3 is 1. The van der Waals surface area contributed by atoms with E-state index in [2.05, 4.69) is 5.32 Å². The predicted octanol–water partition coefficient (Wildman–Crippen LogP) is 1.93. The van der Waals surface area contributed by atoms with Crippen LogP contribution in [0, 0.1) is 5.92 Å². The van der Waals surface area contributed by atoms with Gasteiger partial charge in [-0.15, -0.1) is 0 Å². The van der Waals surface area contributed by atoms with Crippen LogP contribution in [0.5, 0.6) is 5.75 Å². The van der Waals surface area contributed by atoms with Crippen LogP contribution in [0.15, 0.2) is 54.6 Å². The average Bonchev–Trinajstić information content (AvgIpc) is 3.24. The number of anilines is 1. The van der Waals surface area contributed by atoms with Crippen molar-refractivity contribution in [1.29, 1.82) is 0 Å². The second kappa shape index (κ2) is 7.52. The molecule has 0 radical (unpaired) electrons. The Labute approximate surface area is 163 Å². The van der Waals surface area contributed by atoms with Crippen LogP contribution in [0.4, 0.5) is 10.5 Å². The molecule has 0 spiro atoms. The lowest BCUT2D eigenvalue weighted by molar-refractivity contribution is -0.136. The van der Waals surface area contributed by atoms with Crippen LogP contribution >= 0.6 is 0 Å². The zero-order chi connectivity index (χ0) is 19.7. The maximum Gasteiger partial charge on any atom is 0.321 e. The quantitative estimate of drug-likeness (QED) is 0.848. The number of hydrogen-bond acceptors (Lipinski definition) is 4. The lowest BCUT2D eigenvalue weighted by atomic mass is 10.0. The minimum atomic E-state index is -1.07. The van der Waals surface area contributed by atoms with Gasteiger partial charge < -0.3 is 25.0 Å². The van der Waals surface area contributed by atoms with E-state index in [0.717, 1.165) is 5.56 Å². The largest absolute Gasteiger partial charge is 0.497 e. The van der Waals surface area contributed by atoms with Crippen molar-refractivity contribution in [3.05, 3.63) is 60.2 Å². The first-order valence-corrected chi connectivity index (χ1v) is 9.29. The van der Waals surface area contributed by atoms with Gasteiger partial charge >= 0.3 is 6.03 Å². The third-order valence-electron chi connectivity index (χ3n) is 5.48. The Balaban J connectivity index is 1.45. The molecule has 4 rings (SSSR count). The van der Waals surface area contributed by atoms with E-state index in [1.165, 1.54) is 0 Å². The Hall–Kier alpha value is -3.06. The maximum absolute atomic E-state index is 12.7. The summed E-state index contributed by atoms with van der Waals surface area (Å²) in [7, 11) is 1.57. The molecule has 28 heavy (non-hydrogen) atoms. The van der Waals surface area contributed by atoms with Crippen molar-refractivity contribution in [1.82, 2.24) is 9.80 Å². The number of aliphatic hydroxyl groups excluding tert-OH is 1. The number of ether oxygens (including phenoxy) is 1. The Bertz CT molecular complexity index is 873. The van der Waals surface area contributed by atoms with Crippen molar-refractivity contribution >= 4 is 17.6 Å². The molecule has 3 amide bonds. The monoisotopic (exact) mass is 381 g/mol. The van der Waals surface area contributed by atoms with Gasteiger partial charge in [0.1, 0.15) is 11.9 Å². The van der Waals surface area contributed by atoms with Crippen LogP contribution in [0.1, 0.15) is 5.56 Å². The van der Waals surface area contributed by atoms with E-state index >= 15 is 0 Å². The lowest BCUT2D eigenvalue weighted by Crippen LogP contribution is -2.41. The summed E-state index contributed by atoms with van der Waals surface area (Å²) in [6.45, 7) is 1.18. The highest BCUT2D eigenvalue weighted by Gasteiger charge is 2.52. The third kappa shape index (κ3) is 3.41. The van der Waals surface area contributed by atoms with Crippen molar-refractivity contribution in [2.45, 2.75) is 18.7 Å². The molecule has 2 aliphatic rings. The first-order chi connectivity index (χ1) is 13.6. The smallest absolute Gasteiger partial charge is 0.321 e. The molecule has 2 heterocycles. The number of amides is 3. The summed E-state index contributed by atoms with van der Waals surface area (Å²) in [4.78, 5) is 28.5. The summed E-state index contributed by atoms with van der Waals surface area (Å²) in [5.74, 6) is 0.130. The van der Waals surface area contributed by atoms with Crippen molar-refractivity contribution in [2.75, 3.05) is 25.5 Å². The van der Waals surface area contributed by atoms with Gasteiger partial charge in [0.05, 0.1) is 13.2 Å². The van der Waals surface area contributed by atoms with Gasteiger partial charge in [-0.2, -0.15) is 0 Å². The normalized spacial score (nSPS) is 23.6. The minimum absolute atomic E-state index is 0.182. The number of fused-ring (bicyclic) bond motifs is 1. The fourth-order valence-corrected chi connectivity index (χ4v) is 4.01. The standard InChI is InChI=1S/C21H23N3O4/c1-28-16-9-5-8-15(10-16)22-21(27)23-12-17-18(13-23)24(20(26)19(17)25)11-14-6-3-2-4-7-14/h2-10,17-19,25H,11-13H2,1H3,(H,22,27)/t17-,18+,19-/m0/s1. The highest BCUT2D eigenvalue weighted by Crippen LogP contribution is 2.34. The number of carbonyl (C=O) groups is 2. The number of hydrogen-bond donors (Lipinski definition) is 2. The number of likely N-dealkylation sites (tertiary alicyclic amines) is 2. The molecule has 0 aromatic heterocycles. The summed E-state index contributed by atoms with van der Waals surface area (Å²) < 4.78 is 5.18. The lowest BCUT2D eigenvalue weighted by Gasteiger charge is -2.25. The second-order valence-electron chi connectivity index (χ2n) is 7.19. The highest BCUT2D eigenvalue weighted by atomic mass is 16.5. The molecule has 0 bridgehead atoms. The van der Waals surface area contributed by atoms with Gasteiger partial charge in [-0.1, -0.05) is 36.4 Å². The topological polar surface area (TPSA) is 82.1 Å². The van der Waals surface area contributed by atoms with Gasteiger partial charge in [-0.05, 0) is 17.7 Å². The fourth-order valence-electron chi connectivity index (χ4n) is 4.01. The second-order valence-corrected chi connectivity index (χ2v) is 7.19. The first-order valence-electron chi connectivity index (χ1n) is 9.29. The molecule has 146 valence electrons. The fraction of sp³-hybridized carbons (Fsp3) is 0.333. The zero-order valence-electron chi connectivity index (χ0n) is 15.6. The molecular formula is C21H23N3O4. The molecule has 2 fully saturated rings. The molecule has 7 heteroatoms. The Morgan fingerprint density at radius 3 is 2.71 bits per heavy atom. The highest BCUT2D eigenvalue weighted by molar-refractivity contribution is 5.91. The van der Waals surface area contributed by atoms with Gasteiger partial charge in [0.15, 0.2) is 0 Å². The molecular weight excluding hydrogens is 358 g/mol. The van der Waals surface area contributed by atoms with Crippen molar-refractivity contribution in [3.8, 4) is 5.75 Å². The molecule has 7 nitrogen and oxygen atoms in total. The van der Waals surface area contributed by atoms with Crippen LogP contribution in [-0.4, -0.2) is 59.2 Å². The molecule has 2 saturated heterocycles. The van der Waals surface area contributed by atoms with E-state index in [-0.39, 0.29) is 23.9 Å². The SMILES string of the molecule is COc1cccc(NC(=O)N2C[C@@H]3[C@H](O)C(=O)N(Cc4ccccc4)[C@@H]3C2)c1. The van der Waals surface area contributed by atoms with Gasteiger partial charge in [0, 0.05) is 37.3 Å². The van der Waals surface area contributed by atoms with E-state index < -0.39 is 6.10 Å². The van der Waals surface area contributed by atoms with Crippen LogP contribution in [0.25, 0.3) is 0 Å². The first kappa shape index (κ1) is 18.3. The molecule has 2 aromatic carbocycles. The number of benzene rings is 2. The number of nitrogens with one attached hydrogen (secondary N) is 1. The van der Waals surface area contributed by atoms with Crippen LogP contribution < -0.4 is 10.1 Å². The summed E-state index contributed by atoms with van der Waals surface area (Å²) in [6.07, 6.45) is -1.07. The van der Waals surface area contributed by atoms with Crippen molar-refractivity contribution in [2.24, 2.45) is 5.92 Å². The zero-order valence-corrected chi connectivity index (χ0v) is 15.6. The van der Waals surface area contributed by atoms with E-state index in [1.807, 2.05) is 30.3 Å². The maximum atomic E-state index is 12.7. The van der Waals surface area contributed by atoms with Crippen LogP contribution in [-0.2, 0) is 11.3 Å². The summed E-state index contributed by atoms with van der Waals surface area (Å²) in [5.41, 5.74) is 1.64. The van der Waals surface area contributed by atoms with E-state index in [1.54, 1.807) is 41.2 Å². The van der Waals surface area contributed by atoms with Crippen LogP contribution in [0.3, 0.4) is 0 Å². The van der Waals surface area contributed by atoms with E-state index in [9.17, 15) is 14.7 Å². The van der Waals surface area contributed by atoms with Crippen molar-refractivity contribution < 1.29 is 19.4 Å². The Kier molecular flexibility index (Phi) is 4.92. The minimum Gasteiger partial charge on any atom is -0.497 e. The van der Waals surface area contributed by atoms with E-state index in [0.29, 0.717) is 31.1 Å². The average molecular weight is 381 g/mol. The molecule has 0 aliphatic carbocycles. The number of rotatable bonds is 4. The van der Waals surface area contributed by atoms with Crippen molar-refractivity contribution in [3.63, 3.8) is 0 Å². The molecule has 2 aliphatic heterocycles. The van der Waals surface area contributed by atoms with Crippen LogP contribution in [0.2, 0.25) is 0 Å². The number of nitrogens with zero attached hydrogens (tertiary/aromatic N) is 2. The molecule has 0 unspecified atom stereocenters. The van der Waals surface area contributed by atoms with Gasteiger partial charge in [-0.25, -0.2) is 4.79 Å².